The molecular weight excluding hydrogens is 726 g/mol. The number of aliphatic carboxylic acids is 1. The lowest BCUT2D eigenvalue weighted by molar-refractivity contribution is -0.144. The Kier molecular flexibility index (Phi) is 13.9. The number of nitrogens with zero attached hydrogens (tertiary/aromatic N) is 5. The molecular formula is C45H48ClN5O5. The lowest BCUT2D eigenvalue weighted by Crippen LogP contribution is -2.44. The van der Waals surface area contributed by atoms with E-state index < -0.39 is 12.0 Å². The highest BCUT2D eigenvalue weighted by molar-refractivity contribution is 6.32. The molecule has 290 valence electrons. The molecule has 10 nitrogen and oxygen atoms in total. The third-order valence-corrected chi connectivity index (χ3v) is 10.5. The van der Waals surface area contributed by atoms with Crippen molar-refractivity contribution in [3.8, 4) is 34.4 Å². The minimum atomic E-state index is -0.832. The number of carboxylic acid groups (broad SMARTS) is 1. The summed E-state index contributed by atoms with van der Waals surface area (Å²) in [7, 11) is 2.11. The van der Waals surface area contributed by atoms with Gasteiger partial charge in [0.1, 0.15) is 42.6 Å². The van der Waals surface area contributed by atoms with E-state index in [9.17, 15) is 15.2 Å². The van der Waals surface area contributed by atoms with E-state index in [2.05, 4.69) is 60.0 Å². The third kappa shape index (κ3) is 10.4. The van der Waals surface area contributed by atoms with Gasteiger partial charge in [0.25, 0.3) is 0 Å². The molecule has 11 heteroatoms. The molecule has 6 rings (SSSR count). The first-order chi connectivity index (χ1) is 27.2. The Morgan fingerprint density at radius 2 is 1.68 bits per heavy atom. The van der Waals surface area contributed by atoms with E-state index in [1.54, 1.807) is 30.6 Å². The summed E-state index contributed by atoms with van der Waals surface area (Å²) in [6.45, 7) is 8.00. The number of carbonyl (C=O) groups is 1. The predicted molar refractivity (Wildman–Crippen MR) is 217 cm³/mol. The van der Waals surface area contributed by atoms with Crippen LogP contribution in [0.15, 0.2) is 91.5 Å². The van der Waals surface area contributed by atoms with Gasteiger partial charge in [-0.3, -0.25) is 19.7 Å². The second-order valence-electron chi connectivity index (χ2n) is 14.3. The van der Waals surface area contributed by atoms with Crippen molar-refractivity contribution in [1.29, 1.82) is 5.26 Å². The molecule has 1 N–H and O–H groups in total. The summed E-state index contributed by atoms with van der Waals surface area (Å²) in [5, 5.41) is 19.7. The highest BCUT2D eigenvalue weighted by Crippen LogP contribution is 2.37. The second-order valence-corrected chi connectivity index (χ2v) is 14.7. The summed E-state index contributed by atoms with van der Waals surface area (Å²) in [4.78, 5) is 24.7. The molecule has 56 heavy (non-hydrogen) atoms. The largest absolute Gasteiger partial charge is 0.493 e. The molecule has 2 aromatic heterocycles. The molecule has 0 aliphatic carbocycles. The average Bonchev–Trinajstić information content (AvgIpc) is 3.20. The number of ether oxygens (including phenoxy) is 3. The quantitative estimate of drug-likeness (QED) is 0.0919. The number of piperidine rings is 1. The van der Waals surface area contributed by atoms with Crippen LogP contribution in [0.3, 0.4) is 0 Å². The van der Waals surface area contributed by atoms with E-state index in [1.165, 1.54) is 11.8 Å². The lowest BCUT2D eigenvalue weighted by Gasteiger charge is -2.33. The number of pyridine rings is 2. The van der Waals surface area contributed by atoms with Gasteiger partial charge in [0.15, 0.2) is 0 Å². The molecule has 0 amide bonds. The molecule has 0 saturated carbocycles. The van der Waals surface area contributed by atoms with Gasteiger partial charge in [0.2, 0.25) is 0 Å². The zero-order valence-electron chi connectivity index (χ0n) is 32.2. The van der Waals surface area contributed by atoms with Crippen LogP contribution in [0.5, 0.6) is 17.2 Å². The Labute approximate surface area is 334 Å². The maximum atomic E-state index is 12.1. The van der Waals surface area contributed by atoms with Crippen LogP contribution >= 0.6 is 11.6 Å². The minimum Gasteiger partial charge on any atom is -0.493 e. The van der Waals surface area contributed by atoms with Crippen molar-refractivity contribution in [3.63, 3.8) is 0 Å². The first kappa shape index (κ1) is 40.2. The van der Waals surface area contributed by atoms with E-state index in [-0.39, 0.29) is 13.2 Å². The van der Waals surface area contributed by atoms with Gasteiger partial charge < -0.3 is 24.2 Å². The van der Waals surface area contributed by atoms with Crippen molar-refractivity contribution in [2.45, 2.75) is 71.9 Å². The number of carboxylic acids is 1. The molecule has 5 aromatic rings. The molecule has 0 spiro atoms. The highest BCUT2D eigenvalue weighted by atomic mass is 35.5. The highest BCUT2D eigenvalue weighted by Gasteiger charge is 2.29. The summed E-state index contributed by atoms with van der Waals surface area (Å²) in [5.74, 6) is 1.01. The van der Waals surface area contributed by atoms with Crippen LogP contribution < -0.4 is 14.2 Å². The zero-order chi connectivity index (χ0) is 39.4. The molecule has 1 saturated heterocycles. The van der Waals surface area contributed by atoms with Gasteiger partial charge in [-0.25, -0.2) is 0 Å². The molecule has 1 aliphatic rings. The standard InChI is InChI=1S/C45H48ClN5O5/c1-31-36(11-6-12-38(31)39-13-7-15-42(32(39)2)54-19-9-17-50(3)27-33-10-8-16-48-24-33)30-56-44-22-43(55-29-35-20-34(23-47)25-49-26-35)37(21-40(44)46)28-51-18-5-4-14-41(51)45(52)53/h6-8,10-13,15-16,20-22,24-26,41H,4-5,9,14,17-19,27-30H2,1-3H3,(H,52,53)/t41-/m0/s1. The van der Waals surface area contributed by atoms with Crippen LogP contribution in [0.4, 0.5) is 0 Å². The van der Waals surface area contributed by atoms with Crippen molar-refractivity contribution in [1.82, 2.24) is 19.8 Å². The van der Waals surface area contributed by atoms with Crippen molar-refractivity contribution >= 4 is 17.6 Å². The number of benzene rings is 3. The first-order valence-corrected chi connectivity index (χ1v) is 19.4. The Bertz CT molecular complexity index is 2160. The summed E-state index contributed by atoms with van der Waals surface area (Å²) in [6, 6.07) is 23.3. The van der Waals surface area contributed by atoms with Gasteiger partial charge in [0, 0.05) is 61.6 Å². The average molecular weight is 774 g/mol. The van der Waals surface area contributed by atoms with Crippen molar-refractivity contribution in [3.05, 3.63) is 135 Å². The fourth-order valence-electron chi connectivity index (χ4n) is 7.16. The molecule has 0 bridgehead atoms. The summed E-state index contributed by atoms with van der Waals surface area (Å²) in [5.41, 5.74) is 8.48. The second kappa shape index (κ2) is 19.4. The van der Waals surface area contributed by atoms with Crippen LogP contribution in [0.1, 0.15) is 64.6 Å². The van der Waals surface area contributed by atoms with E-state index in [0.717, 1.165) is 77.0 Å². The maximum absolute atomic E-state index is 12.1. The molecule has 0 radical (unpaired) electrons. The Hall–Kier alpha value is -5.47. The molecule has 1 atom stereocenters. The maximum Gasteiger partial charge on any atom is 0.320 e. The van der Waals surface area contributed by atoms with E-state index in [4.69, 9.17) is 25.8 Å². The van der Waals surface area contributed by atoms with Crippen LogP contribution in [-0.2, 0) is 31.1 Å². The normalized spacial score (nSPS) is 14.3. The van der Waals surface area contributed by atoms with Crippen LogP contribution in [-0.4, -0.2) is 63.6 Å². The molecule has 0 unspecified atom stereocenters. The van der Waals surface area contributed by atoms with Crippen LogP contribution in [0, 0.1) is 25.2 Å². The topological polar surface area (TPSA) is 121 Å². The lowest BCUT2D eigenvalue weighted by atomic mass is 9.93. The SMILES string of the molecule is Cc1c(COc2cc(OCc3cncc(C#N)c3)c(CN3CCCC[C@H]3C(=O)O)cc2Cl)cccc1-c1cccc(OCCCN(C)Cc2cccnc2)c1C. The van der Waals surface area contributed by atoms with Crippen molar-refractivity contribution in [2.75, 3.05) is 26.7 Å². The third-order valence-electron chi connectivity index (χ3n) is 10.2. The molecule has 3 heterocycles. The number of hydrogen-bond acceptors (Lipinski definition) is 9. The Balaban J connectivity index is 1.16. The monoisotopic (exact) mass is 773 g/mol. The summed E-state index contributed by atoms with van der Waals surface area (Å²) >= 11 is 6.87. The number of hydrogen-bond donors (Lipinski definition) is 1. The Morgan fingerprint density at radius 1 is 0.893 bits per heavy atom. The van der Waals surface area contributed by atoms with Crippen LogP contribution in [0.25, 0.3) is 11.1 Å². The first-order valence-electron chi connectivity index (χ1n) is 19.0. The smallest absolute Gasteiger partial charge is 0.320 e. The van der Waals surface area contributed by atoms with Crippen molar-refractivity contribution < 1.29 is 24.1 Å². The number of halogens is 1. The summed E-state index contributed by atoms with van der Waals surface area (Å²) < 4.78 is 19.0. The molecule has 3 aromatic carbocycles. The van der Waals surface area contributed by atoms with E-state index in [1.807, 2.05) is 41.4 Å². The van der Waals surface area contributed by atoms with Gasteiger partial charge in [-0.2, -0.15) is 5.26 Å². The fraction of sp³-hybridized carbons (Fsp3) is 0.333. The van der Waals surface area contributed by atoms with Crippen molar-refractivity contribution in [2.24, 2.45) is 0 Å². The number of rotatable bonds is 17. The molecule has 1 aliphatic heterocycles. The number of nitriles is 1. The number of aromatic nitrogens is 2. The van der Waals surface area contributed by atoms with Gasteiger partial charge in [-0.1, -0.05) is 54.4 Å². The van der Waals surface area contributed by atoms with E-state index >= 15 is 0 Å². The summed E-state index contributed by atoms with van der Waals surface area (Å²) in [6.07, 6.45) is 10.1. The van der Waals surface area contributed by atoms with Gasteiger partial charge >= 0.3 is 5.97 Å². The van der Waals surface area contributed by atoms with Crippen LogP contribution in [0.2, 0.25) is 5.02 Å². The number of likely N-dealkylation sites (tertiary alicyclic amines) is 1. The van der Waals surface area contributed by atoms with Gasteiger partial charge in [-0.15, -0.1) is 0 Å². The Morgan fingerprint density at radius 3 is 2.46 bits per heavy atom. The fourth-order valence-corrected chi connectivity index (χ4v) is 7.40. The minimum absolute atomic E-state index is 0.158. The zero-order valence-corrected chi connectivity index (χ0v) is 33.0. The molecule has 1 fully saturated rings. The van der Waals surface area contributed by atoms with E-state index in [0.29, 0.717) is 48.2 Å². The van der Waals surface area contributed by atoms with Gasteiger partial charge in [0.05, 0.1) is 17.2 Å². The van der Waals surface area contributed by atoms with Gasteiger partial charge in [-0.05, 0) is 104 Å². The predicted octanol–water partition coefficient (Wildman–Crippen LogP) is 8.78.